The first-order chi connectivity index (χ1) is 23.5. The van der Waals surface area contributed by atoms with Gasteiger partial charge in [-0.1, -0.05) is 138 Å². The number of esters is 1. The summed E-state index contributed by atoms with van der Waals surface area (Å²) >= 11 is 0. The highest BCUT2D eigenvalue weighted by Crippen LogP contribution is 2.47. The quantitative estimate of drug-likeness (QED) is 0.128. The maximum Gasteiger partial charge on any atom is 0.344 e. The summed E-state index contributed by atoms with van der Waals surface area (Å²) in [7, 11) is -7.30. The van der Waals surface area contributed by atoms with Crippen LogP contribution in [-0.2, 0) is 54.1 Å². The largest absolute Gasteiger partial charge is 0.479 e. The van der Waals surface area contributed by atoms with Crippen LogP contribution in [0.4, 0.5) is 0 Å². The van der Waals surface area contributed by atoms with Crippen LogP contribution >= 0.6 is 0 Å². The fraction of sp³-hybridized carbons (Fsp3) is 0.333. The summed E-state index contributed by atoms with van der Waals surface area (Å²) in [5.41, 5.74) is -3.33. The molecule has 0 aliphatic heterocycles. The van der Waals surface area contributed by atoms with Crippen LogP contribution in [0.3, 0.4) is 0 Å². The van der Waals surface area contributed by atoms with Gasteiger partial charge in [-0.25, -0.2) is 18.0 Å². The number of rotatable bonds is 10. The molecule has 0 amide bonds. The highest BCUT2D eigenvalue weighted by molar-refractivity contribution is 7.87. The van der Waals surface area contributed by atoms with Gasteiger partial charge in [0.25, 0.3) is 20.2 Å². The Morgan fingerprint density at radius 2 is 0.843 bits per heavy atom. The Balaban J connectivity index is 0.000000276. The summed E-state index contributed by atoms with van der Waals surface area (Å²) in [6, 6.07) is 29.1. The van der Waals surface area contributed by atoms with E-state index >= 15 is 0 Å². The number of aryl methyl sites for hydroxylation is 2. The van der Waals surface area contributed by atoms with Crippen molar-refractivity contribution < 1.29 is 44.6 Å². The molecular weight excluding hydrogens is 693 g/mol. The molecule has 0 heterocycles. The molecule has 0 spiro atoms. The zero-order valence-electron chi connectivity index (χ0n) is 30.3. The van der Waals surface area contributed by atoms with Crippen molar-refractivity contribution in [3.8, 4) is 0 Å². The maximum atomic E-state index is 13.0. The zero-order chi connectivity index (χ0) is 38.5. The molecule has 1 N–H and O–H groups in total. The minimum Gasteiger partial charge on any atom is -0.479 e. The van der Waals surface area contributed by atoms with Gasteiger partial charge in [-0.2, -0.15) is 16.8 Å². The Bertz CT molecular complexity index is 2010. The van der Waals surface area contributed by atoms with E-state index in [0.29, 0.717) is 5.56 Å². The minimum atomic E-state index is -4.29. The summed E-state index contributed by atoms with van der Waals surface area (Å²) in [6.45, 7) is 13.8. The zero-order valence-corrected chi connectivity index (χ0v) is 32.0. The number of benzene rings is 4. The van der Waals surface area contributed by atoms with E-state index in [1.54, 1.807) is 126 Å². The van der Waals surface area contributed by atoms with Gasteiger partial charge >= 0.3 is 11.9 Å². The molecule has 0 aromatic heterocycles. The Kier molecular flexibility index (Phi) is 12.5. The van der Waals surface area contributed by atoms with Gasteiger partial charge in [-0.05, 0) is 49.2 Å². The molecule has 10 nitrogen and oxygen atoms in total. The minimum absolute atomic E-state index is 0.0171. The van der Waals surface area contributed by atoms with Crippen molar-refractivity contribution in [2.45, 2.75) is 76.4 Å². The molecule has 4 aromatic rings. The number of carboxylic acids is 1. The molecule has 274 valence electrons. The highest BCUT2D eigenvalue weighted by atomic mass is 32.2. The third-order valence-corrected chi connectivity index (χ3v) is 11.0. The van der Waals surface area contributed by atoms with E-state index in [2.05, 4.69) is 0 Å². The summed E-state index contributed by atoms with van der Waals surface area (Å²) in [6.07, 6.45) is 0. The van der Waals surface area contributed by atoms with Crippen molar-refractivity contribution in [2.75, 3.05) is 7.11 Å². The van der Waals surface area contributed by atoms with Crippen molar-refractivity contribution in [1.29, 1.82) is 0 Å². The fourth-order valence-electron chi connectivity index (χ4n) is 5.47. The normalized spacial score (nSPS) is 14.6. The topological polar surface area (TPSA) is 150 Å². The molecule has 2 atom stereocenters. The van der Waals surface area contributed by atoms with Gasteiger partial charge in [-0.3, -0.25) is 0 Å². The van der Waals surface area contributed by atoms with Crippen LogP contribution in [0, 0.1) is 24.7 Å². The van der Waals surface area contributed by atoms with Gasteiger partial charge in [0, 0.05) is 10.8 Å². The van der Waals surface area contributed by atoms with Crippen LogP contribution in [0.1, 0.15) is 63.8 Å². The Hall–Kier alpha value is -4.36. The molecule has 4 rings (SSSR count). The first-order valence-corrected chi connectivity index (χ1v) is 18.8. The van der Waals surface area contributed by atoms with E-state index in [9.17, 15) is 31.5 Å². The third-order valence-electron chi connectivity index (χ3n) is 8.34. The molecule has 0 saturated heterocycles. The molecule has 0 radical (unpaired) electrons. The molecule has 4 aromatic carbocycles. The van der Waals surface area contributed by atoms with Gasteiger partial charge in [0.15, 0.2) is 0 Å². The first kappa shape index (κ1) is 41.1. The molecule has 0 aliphatic carbocycles. The summed E-state index contributed by atoms with van der Waals surface area (Å²) < 4.78 is 67.6. The second-order valence-electron chi connectivity index (χ2n) is 14.1. The summed E-state index contributed by atoms with van der Waals surface area (Å²) in [5, 5.41) is 9.98. The van der Waals surface area contributed by atoms with Crippen LogP contribution < -0.4 is 0 Å². The number of ether oxygens (including phenoxy) is 1. The van der Waals surface area contributed by atoms with E-state index in [4.69, 9.17) is 13.1 Å². The SMILES string of the molecule is COC(=O)C(OS(=O)(=O)c1ccc(C)cc1)(c1ccccc1)C(C)(C)C.Cc1ccc(S(=O)(=O)OC(C(=O)O)(c2ccccc2)C(C)(C)C)cc1. The van der Waals surface area contributed by atoms with Crippen molar-refractivity contribution in [3.63, 3.8) is 0 Å². The van der Waals surface area contributed by atoms with Gasteiger partial charge in [-0.15, -0.1) is 0 Å². The standard InChI is InChI=1S/C20H24O5S.C19H22O5S/c1-15-11-13-17(14-12-15)26(22,23)25-20(18(21)24-5,19(2,3)4)16-9-7-6-8-10-16;1-14-10-12-16(13-11-14)25(22,23)24-19(17(20)21,18(2,3)4)15-8-6-5-7-9-15/h6-14H,1-5H3;5-13H,1-4H3,(H,20,21). The van der Waals surface area contributed by atoms with Crippen molar-refractivity contribution in [3.05, 3.63) is 131 Å². The molecule has 0 fully saturated rings. The predicted molar refractivity (Wildman–Crippen MR) is 194 cm³/mol. The molecule has 12 heteroatoms. The lowest BCUT2D eigenvalue weighted by Crippen LogP contribution is -2.51. The Labute approximate surface area is 301 Å². The van der Waals surface area contributed by atoms with Gasteiger partial charge < -0.3 is 9.84 Å². The van der Waals surface area contributed by atoms with Crippen LogP contribution in [0.25, 0.3) is 0 Å². The number of aliphatic carboxylic acids is 1. The average molecular weight is 739 g/mol. The van der Waals surface area contributed by atoms with E-state index in [1.807, 2.05) is 13.8 Å². The monoisotopic (exact) mass is 738 g/mol. The molecule has 0 saturated carbocycles. The van der Waals surface area contributed by atoms with Gasteiger partial charge in [0.1, 0.15) is 0 Å². The number of methoxy groups -OCH3 is 1. The van der Waals surface area contributed by atoms with Crippen LogP contribution in [0.2, 0.25) is 0 Å². The number of carbonyl (C=O) groups excluding carboxylic acids is 1. The maximum absolute atomic E-state index is 13.0. The second kappa shape index (κ2) is 15.5. The third kappa shape index (κ3) is 8.75. The number of carbonyl (C=O) groups is 2. The smallest absolute Gasteiger partial charge is 0.344 e. The summed E-state index contributed by atoms with van der Waals surface area (Å²) in [4.78, 5) is 25.0. The van der Waals surface area contributed by atoms with Gasteiger partial charge in [0.05, 0.1) is 16.9 Å². The van der Waals surface area contributed by atoms with E-state index < -0.39 is 54.2 Å². The predicted octanol–water partition coefficient (Wildman–Crippen LogP) is 7.54. The van der Waals surface area contributed by atoms with Crippen molar-refractivity contribution in [2.24, 2.45) is 10.8 Å². The summed E-state index contributed by atoms with van der Waals surface area (Å²) in [5.74, 6) is -2.13. The lowest BCUT2D eigenvalue weighted by atomic mass is 9.72. The fourth-order valence-corrected chi connectivity index (χ4v) is 8.10. The van der Waals surface area contributed by atoms with Crippen molar-refractivity contribution in [1.82, 2.24) is 0 Å². The first-order valence-electron chi connectivity index (χ1n) is 16.0. The number of hydrogen-bond donors (Lipinski definition) is 1. The second-order valence-corrected chi connectivity index (χ2v) is 17.2. The lowest BCUT2D eigenvalue weighted by Gasteiger charge is -2.41. The Morgan fingerprint density at radius 3 is 1.14 bits per heavy atom. The van der Waals surface area contributed by atoms with E-state index in [1.165, 1.54) is 31.4 Å². The average Bonchev–Trinajstić information content (AvgIpc) is 3.06. The van der Waals surface area contributed by atoms with Crippen LogP contribution in [0.15, 0.2) is 119 Å². The lowest BCUT2D eigenvalue weighted by molar-refractivity contribution is -0.171. The molecule has 51 heavy (non-hydrogen) atoms. The van der Waals surface area contributed by atoms with Gasteiger partial charge in [0.2, 0.25) is 11.2 Å². The molecule has 0 aliphatic rings. The number of carboxylic acid groups (broad SMARTS) is 1. The van der Waals surface area contributed by atoms with E-state index in [0.717, 1.165) is 11.1 Å². The van der Waals surface area contributed by atoms with Crippen LogP contribution in [-0.4, -0.2) is 41.0 Å². The Morgan fingerprint density at radius 1 is 0.529 bits per heavy atom. The van der Waals surface area contributed by atoms with E-state index in [-0.39, 0.29) is 15.4 Å². The van der Waals surface area contributed by atoms with Crippen molar-refractivity contribution >= 4 is 32.2 Å². The molecule has 0 bridgehead atoms. The highest BCUT2D eigenvalue weighted by Gasteiger charge is 2.56. The van der Waals surface area contributed by atoms with Crippen LogP contribution in [0.5, 0.6) is 0 Å². The molecular formula is C39H46O10S2. The molecule has 2 unspecified atom stereocenters. The number of hydrogen-bond acceptors (Lipinski definition) is 9.